The van der Waals surface area contributed by atoms with Gasteiger partial charge in [-0.1, -0.05) is 23.7 Å². The molecule has 5 heteroatoms. The van der Waals surface area contributed by atoms with Gasteiger partial charge in [0.2, 0.25) is 0 Å². The maximum absolute atomic E-state index is 13.9. The first kappa shape index (κ1) is 14.2. The van der Waals surface area contributed by atoms with Gasteiger partial charge in [-0.2, -0.15) is 0 Å². The largest absolute Gasteiger partial charge is 0.490 e. The van der Waals surface area contributed by atoms with Gasteiger partial charge in [0.1, 0.15) is 18.2 Å². The molecule has 2 aromatic carbocycles. The fourth-order valence-electron chi connectivity index (χ4n) is 2.46. The quantitative estimate of drug-likeness (QED) is 0.943. The van der Waals surface area contributed by atoms with Crippen molar-refractivity contribution in [2.24, 2.45) is 0 Å². The first-order valence-corrected chi connectivity index (χ1v) is 7.11. The Balaban J connectivity index is 1.92. The highest BCUT2D eigenvalue weighted by atomic mass is 35.5. The number of rotatable bonds is 3. The van der Waals surface area contributed by atoms with Crippen LogP contribution in [0.5, 0.6) is 5.75 Å². The van der Waals surface area contributed by atoms with Crippen LogP contribution in [0.25, 0.3) is 0 Å². The number of hydrogen-bond donors (Lipinski definition) is 1. The van der Waals surface area contributed by atoms with Gasteiger partial charge < -0.3 is 14.7 Å². The Morgan fingerprint density at radius 2 is 2.14 bits per heavy atom. The molecule has 3 rings (SSSR count). The monoisotopic (exact) mass is 307 g/mol. The standard InChI is InChI=1S/C16H15ClFNO2/c17-13-2-1-3-14(18)12(13)9-19-6-7-21-16-8-11(10-20)4-5-15(16)19/h1-5,8,20H,6-7,9-10H2. The van der Waals surface area contributed by atoms with E-state index in [0.717, 1.165) is 11.3 Å². The highest BCUT2D eigenvalue weighted by Gasteiger charge is 2.20. The summed E-state index contributed by atoms with van der Waals surface area (Å²) in [6, 6.07) is 10.2. The summed E-state index contributed by atoms with van der Waals surface area (Å²) in [5.74, 6) is 0.405. The molecule has 0 unspecified atom stereocenters. The molecular weight excluding hydrogens is 293 g/mol. The van der Waals surface area contributed by atoms with E-state index in [1.165, 1.54) is 6.07 Å². The zero-order valence-electron chi connectivity index (χ0n) is 11.4. The molecule has 0 spiro atoms. The van der Waals surface area contributed by atoms with E-state index in [2.05, 4.69) is 0 Å². The third kappa shape index (κ3) is 2.82. The maximum Gasteiger partial charge on any atom is 0.143 e. The summed E-state index contributed by atoms with van der Waals surface area (Å²) in [5.41, 5.74) is 2.16. The average Bonchev–Trinajstić information content (AvgIpc) is 2.50. The van der Waals surface area contributed by atoms with Crippen molar-refractivity contribution in [3.05, 3.63) is 58.4 Å². The number of anilines is 1. The van der Waals surface area contributed by atoms with Crippen LogP contribution in [-0.2, 0) is 13.2 Å². The number of nitrogens with zero attached hydrogens (tertiary/aromatic N) is 1. The number of aliphatic hydroxyl groups is 1. The van der Waals surface area contributed by atoms with Crippen LogP contribution >= 0.6 is 11.6 Å². The normalized spacial score (nSPS) is 13.8. The second kappa shape index (κ2) is 5.92. The first-order valence-electron chi connectivity index (χ1n) is 6.73. The van der Waals surface area contributed by atoms with Crippen LogP contribution in [0.15, 0.2) is 36.4 Å². The van der Waals surface area contributed by atoms with Gasteiger partial charge in [0.05, 0.1) is 18.8 Å². The Kier molecular flexibility index (Phi) is 3.99. The predicted molar refractivity (Wildman–Crippen MR) is 80.3 cm³/mol. The lowest BCUT2D eigenvalue weighted by atomic mass is 10.1. The zero-order chi connectivity index (χ0) is 14.8. The number of benzene rings is 2. The second-order valence-corrected chi connectivity index (χ2v) is 5.34. The first-order chi connectivity index (χ1) is 10.2. The van der Waals surface area contributed by atoms with E-state index in [0.29, 0.717) is 36.0 Å². The van der Waals surface area contributed by atoms with Gasteiger partial charge in [0.15, 0.2) is 0 Å². The van der Waals surface area contributed by atoms with Crippen molar-refractivity contribution in [3.63, 3.8) is 0 Å². The Bertz CT molecular complexity index is 642. The topological polar surface area (TPSA) is 32.7 Å². The van der Waals surface area contributed by atoms with Crippen molar-refractivity contribution in [3.8, 4) is 5.75 Å². The molecule has 1 N–H and O–H groups in total. The van der Waals surface area contributed by atoms with Crippen molar-refractivity contribution in [2.75, 3.05) is 18.1 Å². The highest BCUT2D eigenvalue weighted by Crippen LogP contribution is 2.34. The van der Waals surface area contributed by atoms with Crippen molar-refractivity contribution >= 4 is 17.3 Å². The smallest absolute Gasteiger partial charge is 0.143 e. The Morgan fingerprint density at radius 3 is 2.90 bits per heavy atom. The summed E-state index contributed by atoms with van der Waals surface area (Å²) in [4.78, 5) is 2.03. The average molecular weight is 308 g/mol. The molecule has 0 saturated carbocycles. The molecule has 0 aliphatic carbocycles. The van der Waals surface area contributed by atoms with Crippen molar-refractivity contribution in [1.29, 1.82) is 0 Å². The van der Waals surface area contributed by atoms with Crippen LogP contribution in [0.4, 0.5) is 10.1 Å². The number of fused-ring (bicyclic) bond motifs is 1. The molecular formula is C16H15ClFNO2. The fourth-order valence-corrected chi connectivity index (χ4v) is 2.68. The second-order valence-electron chi connectivity index (χ2n) is 4.93. The molecule has 110 valence electrons. The van der Waals surface area contributed by atoms with E-state index in [9.17, 15) is 9.50 Å². The van der Waals surface area contributed by atoms with Gasteiger partial charge in [-0.05, 0) is 29.8 Å². The Hall–Kier alpha value is -1.78. The van der Waals surface area contributed by atoms with Crippen LogP contribution in [0.3, 0.4) is 0 Å². The zero-order valence-corrected chi connectivity index (χ0v) is 12.1. The molecule has 0 radical (unpaired) electrons. The lowest BCUT2D eigenvalue weighted by Crippen LogP contribution is -2.32. The minimum absolute atomic E-state index is 0.0320. The third-order valence-corrected chi connectivity index (χ3v) is 3.93. The van der Waals surface area contributed by atoms with Crippen LogP contribution in [0, 0.1) is 5.82 Å². The fraction of sp³-hybridized carbons (Fsp3) is 0.250. The molecule has 0 fully saturated rings. The highest BCUT2D eigenvalue weighted by molar-refractivity contribution is 6.31. The minimum Gasteiger partial charge on any atom is -0.490 e. The van der Waals surface area contributed by atoms with Crippen LogP contribution in [0.1, 0.15) is 11.1 Å². The van der Waals surface area contributed by atoms with E-state index >= 15 is 0 Å². The Morgan fingerprint density at radius 1 is 1.29 bits per heavy atom. The molecule has 21 heavy (non-hydrogen) atoms. The molecule has 1 heterocycles. The lowest BCUT2D eigenvalue weighted by molar-refractivity contribution is 0.278. The Labute approximate surface area is 127 Å². The van der Waals surface area contributed by atoms with E-state index < -0.39 is 0 Å². The van der Waals surface area contributed by atoms with Crippen LogP contribution < -0.4 is 9.64 Å². The van der Waals surface area contributed by atoms with E-state index in [1.807, 2.05) is 23.1 Å². The maximum atomic E-state index is 13.9. The molecule has 1 aliphatic rings. The molecule has 0 atom stereocenters. The van der Waals surface area contributed by atoms with Gasteiger partial charge in [-0.15, -0.1) is 0 Å². The van der Waals surface area contributed by atoms with Gasteiger partial charge in [0.25, 0.3) is 0 Å². The number of hydrogen-bond acceptors (Lipinski definition) is 3. The van der Waals surface area contributed by atoms with E-state index in [-0.39, 0.29) is 12.4 Å². The number of halogens is 2. The summed E-state index contributed by atoms with van der Waals surface area (Å²) in [6.45, 7) is 1.54. The molecule has 2 aromatic rings. The molecule has 0 saturated heterocycles. The predicted octanol–water partition coefficient (Wildman–Crippen LogP) is 3.37. The van der Waals surface area contributed by atoms with Gasteiger partial charge in [0, 0.05) is 17.1 Å². The molecule has 0 bridgehead atoms. The molecule has 1 aliphatic heterocycles. The third-order valence-electron chi connectivity index (χ3n) is 3.58. The summed E-state index contributed by atoms with van der Waals surface area (Å²) in [6.07, 6.45) is 0. The van der Waals surface area contributed by atoms with Crippen molar-refractivity contribution in [1.82, 2.24) is 0 Å². The van der Waals surface area contributed by atoms with Crippen LogP contribution in [-0.4, -0.2) is 18.3 Å². The summed E-state index contributed by atoms with van der Waals surface area (Å²) in [7, 11) is 0. The summed E-state index contributed by atoms with van der Waals surface area (Å²) < 4.78 is 19.5. The lowest BCUT2D eigenvalue weighted by Gasteiger charge is -2.32. The van der Waals surface area contributed by atoms with Gasteiger partial charge in [-0.3, -0.25) is 0 Å². The van der Waals surface area contributed by atoms with Crippen LogP contribution in [0.2, 0.25) is 5.02 Å². The van der Waals surface area contributed by atoms with E-state index in [1.54, 1.807) is 12.1 Å². The molecule has 0 amide bonds. The summed E-state index contributed by atoms with van der Waals surface area (Å²) >= 11 is 6.09. The number of aliphatic hydroxyl groups excluding tert-OH is 1. The van der Waals surface area contributed by atoms with Gasteiger partial charge in [-0.25, -0.2) is 4.39 Å². The number of ether oxygens (including phenoxy) is 1. The van der Waals surface area contributed by atoms with Crippen molar-refractivity contribution in [2.45, 2.75) is 13.2 Å². The SMILES string of the molecule is OCc1ccc2c(c1)OCCN2Cc1c(F)cccc1Cl. The van der Waals surface area contributed by atoms with Gasteiger partial charge >= 0.3 is 0 Å². The molecule has 3 nitrogen and oxygen atoms in total. The van der Waals surface area contributed by atoms with E-state index in [4.69, 9.17) is 16.3 Å². The van der Waals surface area contributed by atoms with Crippen molar-refractivity contribution < 1.29 is 14.2 Å². The summed E-state index contributed by atoms with van der Waals surface area (Å²) in [5, 5.41) is 9.60. The minimum atomic E-state index is -0.303. The molecule has 0 aromatic heterocycles.